The molecule has 1 aliphatic rings. The molecule has 0 saturated carbocycles. The van der Waals surface area contributed by atoms with Gasteiger partial charge in [-0.05, 0) is 79.3 Å². The quantitative estimate of drug-likeness (QED) is 0.523. The second-order valence-corrected chi connectivity index (χ2v) is 7.76. The third-order valence-corrected chi connectivity index (χ3v) is 5.68. The molecule has 31 heavy (non-hydrogen) atoms. The third-order valence-electron chi connectivity index (χ3n) is 5.68. The minimum absolute atomic E-state index is 0.269. The van der Waals surface area contributed by atoms with Crippen LogP contribution in [0, 0.1) is 12.7 Å². The minimum Gasteiger partial charge on any atom is -0.465 e. The van der Waals surface area contributed by atoms with Gasteiger partial charge in [0.1, 0.15) is 17.3 Å². The number of carbonyl (C=O) groups is 1. The molecule has 0 unspecified atom stereocenters. The van der Waals surface area contributed by atoms with Crippen molar-refractivity contribution in [1.29, 1.82) is 0 Å². The van der Waals surface area contributed by atoms with Crippen molar-refractivity contribution in [2.45, 2.75) is 32.1 Å². The third kappa shape index (κ3) is 4.68. The van der Waals surface area contributed by atoms with Gasteiger partial charge < -0.3 is 14.8 Å². The number of rotatable bonds is 6. The Morgan fingerprint density at radius 2 is 2.10 bits per heavy atom. The van der Waals surface area contributed by atoms with Gasteiger partial charge in [0, 0.05) is 18.7 Å². The van der Waals surface area contributed by atoms with Gasteiger partial charge in [0.25, 0.3) is 0 Å². The highest BCUT2D eigenvalue weighted by Gasteiger charge is 2.22. The summed E-state index contributed by atoms with van der Waals surface area (Å²) in [4.78, 5) is 16.1. The lowest BCUT2D eigenvalue weighted by Crippen LogP contribution is -2.19. The molecule has 0 saturated heterocycles. The zero-order valence-electron chi connectivity index (χ0n) is 17.7. The summed E-state index contributed by atoms with van der Waals surface area (Å²) in [5.74, 6) is 1.07. The number of ether oxygens (including phenoxy) is 2. The highest BCUT2D eigenvalue weighted by atomic mass is 19.1. The number of hydrogen-bond donors (Lipinski definition) is 1. The molecule has 2 aromatic carbocycles. The van der Waals surface area contributed by atoms with E-state index < -0.39 is 0 Å². The Morgan fingerprint density at radius 1 is 1.23 bits per heavy atom. The van der Waals surface area contributed by atoms with Crippen molar-refractivity contribution in [3.63, 3.8) is 0 Å². The van der Waals surface area contributed by atoms with Crippen LogP contribution in [0.1, 0.15) is 45.8 Å². The Bertz CT molecular complexity index is 1100. The number of fused-ring (bicyclic) bond motifs is 1. The molecule has 0 bridgehead atoms. The summed E-state index contributed by atoms with van der Waals surface area (Å²) in [6, 6.07) is 12.3. The molecule has 1 aliphatic carbocycles. The maximum absolute atomic E-state index is 13.3. The Hall–Kier alpha value is -3.41. The molecule has 1 atom stereocenters. The van der Waals surface area contributed by atoms with Crippen molar-refractivity contribution in [3.8, 4) is 11.5 Å². The first kappa shape index (κ1) is 20.8. The Balaban J connectivity index is 1.49. The van der Waals surface area contributed by atoms with E-state index in [2.05, 4.69) is 22.4 Å². The van der Waals surface area contributed by atoms with E-state index in [0.717, 1.165) is 30.6 Å². The number of nitrogens with one attached hydrogen (secondary N) is 1. The second-order valence-electron chi connectivity index (χ2n) is 7.76. The second kappa shape index (κ2) is 9.16. The molecular weight excluding hydrogens is 395 g/mol. The molecule has 0 spiro atoms. The zero-order chi connectivity index (χ0) is 21.8. The fourth-order valence-corrected chi connectivity index (χ4v) is 4.08. The van der Waals surface area contributed by atoms with Gasteiger partial charge in [-0.15, -0.1) is 0 Å². The van der Waals surface area contributed by atoms with Crippen molar-refractivity contribution in [2.24, 2.45) is 0 Å². The van der Waals surface area contributed by atoms with Crippen molar-refractivity contribution >= 4 is 11.7 Å². The van der Waals surface area contributed by atoms with Gasteiger partial charge in [-0.1, -0.05) is 6.07 Å². The Kier molecular flexibility index (Phi) is 6.16. The molecule has 0 aliphatic heterocycles. The van der Waals surface area contributed by atoms with Crippen LogP contribution in [0.15, 0.2) is 54.9 Å². The van der Waals surface area contributed by atoms with Crippen LogP contribution in [0.3, 0.4) is 0 Å². The number of halogens is 1. The number of aryl methyl sites for hydroxylation is 2. The average molecular weight is 420 g/mol. The summed E-state index contributed by atoms with van der Waals surface area (Å²) in [6.45, 7) is 2.53. The Morgan fingerprint density at radius 3 is 2.90 bits per heavy atom. The highest BCUT2D eigenvalue weighted by molar-refractivity contribution is 5.95. The lowest BCUT2D eigenvalue weighted by Gasteiger charge is -2.27. The summed E-state index contributed by atoms with van der Waals surface area (Å²) in [7, 11) is 1.37. The molecule has 6 heteroatoms. The van der Waals surface area contributed by atoms with Gasteiger partial charge >= 0.3 is 5.97 Å². The lowest BCUT2D eigenvalue weighted by atomic mass is 9.82. The number of esters is 1. The number of pyridine rings is 1. The van der Waals surface area contributed by atoms with Gasteiger partial charge in [-0.3, -0.25) is 4.98 Å². The van der Waals surface area contributed by atoms with Crippen LogP contribution in [0.4, 0.5) is 10.1 Å². The summed E-state index contributed by atoms with van der Waals surface area (Å²) in [5.41, 5.74) is 4.46. The largest absolute Gasteiger partial charge is 0.465 e. The number of aromatic nitrogens is 1. The predicted octanol–water partition coefficient (Wildman–Crippen LogP) is 5.64. The number of nitrogens with zero attached hydrogens (tertiary/aromatic N) is 1. The summed E-state index contributed by atoms with van der Waals surface area (Å²) in [5, 5.41) is 3.38. The number of anilines is 1. The van der Waals surface area contributed by atoms with Crippen molar-refractivity contribution in [3.05, 3.63) is 82.9 Å². The molecule has 0 amide bonds. The number of benzene rings is 2. The molecule has 160 valence electrons. The SMILES string of the molecule is COC(=O)c1ccncc1NC[C@@H]1CCCc2cc(Oc3ccc(F)cc3C)ccc21. The topological polar surface area (TPSA) is 60.5 Å². The average Bonchev–Trinajstić information content (AvgIpc) is 2.79. The van der Waals surface area contributed by atoms with E-state index in [1.54, 1.807) is 24.5 Å². The molecule has 4 rings (SSSR count). The van der Waals surface area contributed by atoms with E-state index >= 15 is 0 Å². The van der Waals surface area contributed by atoms with Gasteiger partial charge in [-0.25, -0.2) is 9.18 Å². The zero-order valence-corrected chi connectivity index (χ0v) is 17.7. The normalized spacial score (nSPS) is 15.1. The van der Waals surface area contributed by atoms with Crippen molar-refractivity contribution < 1.29 is 18.7 Å². The first-order valence-electron chi connectivity index (χ1n) is 10.4. The van der Waals surface area contributed by atoms with Crippen LogP contribution >= 0.6 is 0 Å². The van der Waals surface area contributed by atoms with E-state index in [0.29, 0.717) is 29.5 Å². The first-order valence-corrected chi connectivity index (χ1v) is 10.4. The van der Waals surface area contributed by atoms with Gasteiger partial charge in [-0.2, -0.15) is 0 Å². The number of methoxy groups -OCH3 is 1. The standard InChI is InChI=1S/C25H25FN2O3/c1-16-12-19(26)6-9-24(16)31-20-7-8-21-17(13-20)4-3-5-18(21)14-28-23-15-27-11-10-22(23)25(29)30-2/h6-13,15,18,28H,3-5,14H2,1-2H3/t18-/m0/s1. The number of hydrogen-bond acceptors (Lipinski definition) is 5. The van der Waals surface area contributed by atoms with Crippen molar-refractivity contribution in [2.75, 3.05) is 19.0 Å². The minimum atomic E-state index is -0.383. The van der Waals surface area contributed by atoms with Crippen LogP contribution < -0.4 is 10.1 Å². The number of carbonyl (C=O) groups excluding carboxylic acids is 1. The molecule has 1 heterocycles. The van der Waals surface area contributed by atoms with E-state index in [-0.39, 0.29) is 11.8 Å². The van der Waals surface area contributed by atoms with Gasteiger partial charge in [0.15, 0.2) is 0 Å². The smallest absolute Gasteiger partial charge is 0.340 e. The summed E-state index contributed by atoms with van der Waals surface area (Å²) in [6.07, 6.45) is 6.36. The fourth-order valence-electron chi connectivity index (χ4n) is 4.08. The summed E-state index contributed by atoms with van der Waals surface area (Å²) >= 11 is 0. The van der Waals surface area contributed by atoms with Crippen LogP contribution in [0.5, 0.6) is 11.5 Å². The maximum atomic E-state index is 13.3. The Labute approximate surface area is 181 Å². The highest BCUT2D eigenvalue weighted by Crippen LogP contribution is 2.36. The lowest BCUT2D eigenvalue weighted by molar-refractivity contribution is 0.0601. The van der Waals surface area contributed by atoms with E-state index in [1.165, 1.54) is 30.4 Å². The molecule has 5 nitrogen and oxygen atoms in total. The van der Waals surface area contributed by atoms with Gasteiger partial charge in [0.2, 0.25) is 0 Å². The fraction of sp³-hybridized carbons (Fsp3) is 0.280. The first-order chi connectivity index (χ1) is 15.0. The monoisotopic (exact) mass is 420 g/mol. The maximum Gasteiger partial charge on any atom is 0.340 e. The van der Waals surface area contributed by atoms with E-state index in [1.807, 2.05) is 13.0 Å². The van der Waals surface area contributed by atoms with Crippen LogP contribution in [-0.4, -0.2) is 24.6 Å². The van der Waals surface area contributed by atoms with Crippen molar-refractivity contribution in [1.82, 2.24) is 4.98 Å². The molecule has 1 aromatic heterocycles. The van der Waals surface area contributed by atoms with Gasteiger partial charge in [0.05, 0.1) is 24.6 Å². The van der Waals surface area contributed by atoms with Crippen LogP contribution in [0.25, 0.3) is 0 Å². The molecule has 3 aromatic rings. The summed E-state index contributed by atoms with van der Waals surface area (Å²) < 4.78 is 24.2. The molecular formula is C25H25FN2O3. The van der Waals surface area contributed by atoms with E-state index in [9.17, 15) is 9.18 Å². The van der Waals surface area contributed by atoms with Crippen LogP contribution in [0.2, 0.25) is 0 Å². The predicted molar refractivity (Wildman–Crippen MR) is 117 cm³/mol. The molecule has 0 radical (unpaired) electrons. The molecule has 0 fully saturated rings. The van der Waals surface area contributed by atoms with E-state index in [4.69, 9.17) is 9.47 Å². The van der Waals surface area contributed by atoms with Crippen LogP contribution in [-0.2, 0) is 11.2 Å². The molecule has 1 N–H and O–H groups in total.